The van der Waals surface area contributed by atoms with E-state index in [2.05, 4.69) is 19.2 Å². The number of allylic oxidation sites excluding steroid dienone is 1. The predicted molar refractivity (Wildman–Crippen MR) is 117 cm³/mol. The largest absolute Gasteiger partial charge is 0.493 e. The lowest BCUT2D eigenvalue weighted by Gasteiger charge is -2.10. The van der Waals surface area contributed by atoms with E-state index in [4.69, 9.17) is 18.9 Å². The van der Waals surface area contributed by atoms with Gasteiger partial charge in [0.25, 0.3) is 5.91 Å². The van der Waals surface area contributed by atoms with Crippen molar-refractivity contribution < 1.29 is 28.5 Å². The minimum Gasteiger partial charge on any atom is -0.493 e. The van der Waals surface area contributed by atoms with Crippen LogP contribution in [0.5, 0.6) is 23.0 Å². The third-order valence-electron chi connectivity index (χ3n) is 4.78. The fraction of sp³-hybridized carbons (Fsp3) is 0.333. The highest BCUT2D eigenvalue weighted by atomic mass is 16.5. The van der Waals surface area contributed by atoms with Crippen molar-refractivity contribution >= 4 is 17.8 Å². The number of methoxy groups -OCH3 is 2. The van der Waals surface area contributed by atoms with E-state index in [0.717, 1.165) is 6.42 Å². The van der Waals surface area contributed by atoms with Gasteiger partial charge in [-0.1, -0.05) is 26.0 Å². The Labute approximate surface area is 181 Å². The van der Waals surface area contributed by atoms with E-state index in [0.29, 0.717) is 46.6 Å². The van der Waals surface area contributed by atoms with Crippen LogP contribution < -0.4 is 24.3 Å². The molecule has 2 aromatic rings. The number of hydrogen-bond donors (Lipinski definition) is 1. The summed E-state index contributed by atoms with van der Waals surface area (Å²) in [4.78, 5) is 24.6. The number of hydrogen-bond acceptors (Lipinski definition) is 6. The van der Waals surface area contributed by atoms with Crippen molar-refractivity contribution in [2.45, 2.75) is 20.3 Å². The molecule has 0 saturated carbocycles. The van der Waals surface area contributed by atoms with E-state index in [1.807, 2.05) is 0 Å². The number of carbonyl (C=O) groups is 2. The lowest BCUT2D eigenvalue weighted by molar-refractivity contribution is -0.123. The first-order valence-corrected chi connectivity index (χ1v) is 10.1. The van der Waals surface area contributed by atoms with Crippen LogP contribution in [-0.4, -0.2) is 39.1 Å². The zero-order valence-corrected chi connectivity index (χ0v) is 18.2. The predicted octanol–water partition coefficient (Wildman–Crippen LogP) is 3.86. The van der Waals surface area contributed by atoms with Crippen molar-refractivity contribution in [3.8, 4) is 23.0 Å². The van der Waals surface area contributed by atoms with Crippen LogP contribution >= 0.6 is 0 Å². The van der Waals surface area contributed by atoms with Crippen molar-refractivity contribution in [3.05, 3.63) is 53.3 Å². The monoisotopic (exact) mass is 425 g/mol. The highest BCUT2D eigenvalue weighted by molar-refractivity contribution is 6.14. The highest BCUT2D eigenvalue weighted by Crippen LogP contribution is 2.37. The van der Waals surface area contributed by atoms with Crippen LogP contribution in [0.4, 0.5) is 0 Å². The first kappa shape index (κ1) is 22.2. The molecule has 7 nitrogen and oxygen atoms in total. The summed E-state index contributed by atoms with van der Waals surface area (Å²) < 4.78 is 22.0. The molecule has 164 valence electrons. The highest BCUT2D eigenvalue weighted by Gasteiger charge is 2.28. The molecule has 0 aliphatic carbocycles. The Bertz CT molecular complexity index is 996. The van der Waals surface area contributed by atoms with Crippen LogP contribution in [-0.2, 0) is 4.79 Å². The topological polar surface area (TPSA) is 83.1 Å². The maximum absolute atomic E-state index is 12.7. The van der Waals surface area contributed by atoms with E-state index in [-0.39, 0.29) is 24.1 Å². The average Bonchev–Trinajstić information content (AvgIpc) is 3.06. The molecule has 0 aromatic heterocycles. The van der Waals surface area contributed by atoms with Crippen LogP contribution in [0.1, 0.15) is 36.2 Å². The van der Waals surface area contributed by atoms with Crippen LogP contribution in [0.3, 0.4) is 0 Å². The van der Waals surface area contributed by atoms with Gasteiger partial charge in [-0.05, 0) is 36.6 Å². The summed E-state index contributed by atoms with van der Waals surface area (Å²) in [6.07, 6.45) is 2.53. The Morgan fingerprint density at radius 2 is 1.97 bits per heavy atom. The van der Waals surface area contributed by atoms with Crippen LogP contribution in [0.25, 0.3) is 6.08 Å². The molecule has 0 unspecified atom stereocenters. The van der Waals surface area contributed by atoms with Gasteiger partial charge in [0, 0.05) is 18.2 Å². The fourth-order valence-corrected chi connectivity index (χ4v) is 3.12. The maximum atomic E-state index is 12.7. The quantitative estimate of drug-likeness (QED) is 0.615. The molecule has 1 amide bonds. The lowest BCUT2D eigenvalue weighted by atomic mass is 10.1. The summed E-state index contributed by atoms with van der Waals surface area (Å²) in [5, 5.41) is 2.82. The molecular weight excluding hydrogens is 398 g/mol. The zero-order chi connectivity index (χ0) is 22.4. The van der Waals surface area contributed by atoms with E-state index in [1.165, 1.54) is 7.11 Å². The second-order valence-corrected chi connectivity index (χ2v) is 7.50. The Hall–Kier alpha value is -3.48. The molecule has 2 aromatic carbocycles. The third kappa shape index (κ3) is 5.36. The molecule has 0 radical (unpaired) electrons. The van der Waals surface area contributed by atoms with Gasteiger partial charge in [-0.25, -0.2) is 0 Å². The number of rotatable bonds is 9. The molecule has 3 rings (SSSR count). The van der Waals surface area contributed by atoms with Crippen molar-refractivity contribution in [2.75, 3.05) is 27.4 Å². The summed E-state index contributed by atoms with van der Waals surface area (Å²) in [7, 11) is 3.09. The number of nitrogens with one attached hydrogen (secondary N) is 1. The van der Waals surface area contributed by atoms with Crippen molar-refractivity contribution in [3.63, 3.8) is 0 Å². The summed E-state index contributed by atoms with van der Waals surface area (Å²) >= 11 is 0. The Morgan fingerprint density at radius 3 is 2.68 bits per heavy atom. The number of ether oxygens (including phenoxy) is 4. The van der Waals surface area contributed by atoms with Crippen LogP contribution in [0.2, 0.25) is 0 Å². The summed E-state index contributed by atoms with van der Waals surface area (Å²) in [5.41, 5.74) is 1.09. The third-order valence-corrected chi connectivity index (χ3v) is 4.78. The molecule has 1 heterocycles. The summed E-state index contributed by atoms with van der Waals surface area (Å²) in [6, 6.07) is 10.3. The normalized spacial score (nSPS) is 13.7. The summed E-state index contributed by atoms with van der Waals surface area (Å²) in [6.45, 7) is 4.71. The SMILES string of the molecule is COc1cccc(/C=C2/Oc3cc(OCC(=O)NCCC(C)C)ccc3C2=O)c1OC. The van der Waals surface area contributed by atoms with E-state index < -0.39 is 0 Å². The second kappa shape index (κ2) is 10.0. The van der Waals surface area contributed by atoms with Crippen molar-refractivity contribution in [1.82, 2.24) is 5.32 Å². The first-order chi connectivity index (χ1) is 14.9. The minimum atomic E-state index is -0.238. The number of Topliss-reactive ketones (excluding diaryl/α,β-unsaturated/α-hetero) is 1. The molecule has 0 saturated heterocycles. The standard InChI is InChI=1S/C24H27NO6/c1-15(2)10-11-25-22(26)14-30-17-8-9-18-20(13-17)31-21(23(18)27)12-16-6-5-7-19(28-3)24(16)29-4/h5-9,12-13,15H,10-11,14H2,1-4H3,(H,25,26)/b21-12+. The Balaban J connectivity index is 1.69. The van der Waals surface area contributed by atoms with Gasteiger partial charge in [0.05, 0.1) is 19.8 Å². The number of benzene rings is 2. The van der Waals surface area contributed by atoms with Gasteiger partial charge >= 0.3 is 0 Å². The molecule has 0 spiro atoms. The molecule has 0 bridgehead atoms. The summed E-state index contributed by atoms with van der Waals surface area (Å²) in [5.74, 6) is 2.17. The number of carbonyl (C=O) groups excluding carboxylic acids is 2. The van der Waals surface area contributed by atoms with E-state index in [9.17, 15) is 9.59 Å². The van der Waals surface area contributed by atoms with Crippen LogP contribution in [0.15, 0.2) is 42.2 Å². The number of fused-ring (bicyclic) bond motifs is 1. The lowest BCUT2D eigenvalue weighted by Crippen LogP contribution is -2.30. The van der Waals surface area contributed by atoms with Gasteiger partial charge in [0.1, 0.15) is 11.5 Å². The number of amides is 1. The first-order valence-electron chi connectivity index (χ1n) is 10.1. The molecular formula is C24H27NO6. The van der Waals surface area contributed by atoms with E-state index in [1.54, 1.807) is 49.6 Å². The smallest absolute Gasteiger partial charge is 0.257 e. The molecule has 0 atom stereocenters. The average molecular weight is 425 g/mol. The maximum Gasteiger partial charge on any atom is 0.257 e. The van der Waals surface area contributed by atoms with E-state index >= 15 is 0 Å². The molecule has 1 N–H and O–H groups in total. The minimum absolute atomic E-state index is 0.103. The number of para-hydroxylation sites is 1. The molecule has 1 aliphatic heterocycles. The zero-order valence-electron chi connectivity index (χ0n) is 18.2. The molecule has 1 aliphatic rings. The molecule has 7 heteroatoms. The Kier molecular flexibility index (Phi) is 7.18. The van der Waals surface area contributed by atoms with Gasteiger partial charge in [-0.3, -0.25) is 9.59 Å². The molecule has 0 fully saturated rings. The van der Waals surface area contributed by atoms with Crippen molar-refractivity contribution in [2.24, 2.45) is 5.92 Å². The second-order valence-electron chi connectivity index (χ2n) is 7.50. The van der Waals surface area contributed by atoms with Gasteiger partial charge in [0.2, 0.25) is 5.78 Å². The van der Waals surface area contributed by atoms with Crippen LogP contribution in [0, 0.1) is 5.92 Å². The van der Waals surface area contributed by atoms with Gasteiger partial charge in [0.15, 0.2) is 23.9 Å². The van der Waals surface area contributed by atoms with Gasteiger partial charge < -0.3 is 24.3 Å². The Morgan fingerprint density at radius 1 is 1.16 bits per heavy atom. The van der Waals surface area contributed by atoms with Crippen molar-refractivity contribution in [1.29, 1.82) is 0 Å². The number of ketones is 1. The van der Waals surface area contributed by atoms with Gasteiger partial charge in [-0.2, -0.15) is 0 Å². The fourth-order valence-electron chi connectivity index (χ4n) is 3.12. The van der Waals surface area contributed by atoms with Gasteiger partial charge in [-0.15, -0.1) is 0 Å². The molecule has 31 heavy (non-hydrogen) atoms.